The molecule has 14 heavy (non-hydrogen) atoms. The Hall–Kier alpha value is -0.820. The highest BCUT2D eigenvalue weighted by molar-refractivity contribution is 5.34. The molecule has 80 valence electrons. The van der Waals surface area contributed by atoms with Gasteiger partial charge in [0.25, 0.3) is 0 Å². The van der Waals surface area contributed by atoms with E-state index in [4.69, 9.17) is 9.84 Å². The molecular formula is C7H11NO6. The van der Waals surface area contributed by atoms with E-state index in [1.807, 2.05) is 0 Å². The van der Waals surface area contributed by atoms with Crippen LogP contribution < -0.4 is 0 Å². The summed E-state index contributed by atoms with van der Waals surface area (Å²) < 4.78 is 4.71. The van der Waals surface area contributed by atoms with E-state index in [0.717, 1.165) is 6.08 Å². The Labute approximate surface area is 79.3 Å². The SMILES string of the molecule is O=C=NC1C(O)OC(CO)C(O)C1O. The normalized spacial score (nSPS) is 43.0. The molecule has 1 rings (SSSR count). The van der Waals surface area contributed by atoms with Gasteiger partial charge in [-0.3, -0.25) is 0 Å². The van der Waals surface area contributed by atoms with Crippen molar-refractivity contribution in [3.8, 4) is 0 Å². The van der Waals surface area contributed by atoms with Crippen LogP contribution in [0.25, 0.3) is 0 Å². The van der Waals surface area contributed by atoms with Gasteiger partial charge in [0.05, 0.1) is 6.61 Å². The van der Waals surface area contributed by atoms with Crippen molar-refractivity contribution in [2.24, 2.45) is 4.99 Å². The van der Waals surface area contributed by atoms with Gasteiger partial charge >= 0.3 is 0 Å². The third-order valence-electron chi connectivity index (χ3n) is 2.07. The quantitative estimate of drug-likeness (QED) is 0.284. The van der Waals surface area contributed by atoms with Crippen molar-refractivity contribution in [1.29, 1.82) is 0 Å². The van der Waals surface area contributed by atoms with Gasteiger partial charge in [-0.15, -0.1) is 0 Å². The summed E-state index contributed by atoms with van der Waals surface area (Å²) in [6, 6.07) is -1.27. The van der Waals surface area contributed by atoms with E-state index in [1.165, 1.54) is 0 Å². The highest BCUT2D eigenvalue weighted by Crippen LogP contribution is 2.21. The zero-order valence-corrected chi connectivity index (χ0v) is 7.15. The summed E-state index contributed by atoms with van der Waals surface area (Å²) >= 11 is 0. The van der Waals surface area contributed by atoms with Crippen LogP contribution in [0.5, 0.6) is 0 Å². The molecule has 5 atom stereocenters. The molecule has 1 heterocycles. The monoisotopic (exact) mass is 205 g/mol. The van der Waals surface area contributed by atoms with E-state index in [0.29, 0.717) is 0 Å². The number of hydrogen-bond donors (Lipinski definition) is 4. The van der Waals surface area contributed by atoms with Crippen molar-refractivity contribution < 1.29 is 30.0 Å². The van der Waals surface area contributed by atoms with E-state index in [2.05, 4.69) is 4.99 Å². The molecule has 1 aliphatic rings. The van der Waals surface area contributed by atoms with Gasteiger partial charge in [-0.2, -0.15) is 4.99 Å². The fraction of sp³-hybridized carbons (Fsp3) is 0.857. The molecule has 1 saturated heterocycles. The number of rotatable bonds is 2. The molecule has 0 aromatic rings. The Morgan fingerprint density at radius 1 is 1.29 bits per heavy atom. The van der Waals surface area contributed by atoms with Crippen LogP contribution in [0.3, 0.4) is 0 Å². The Kier molecular flexibility index (Phi) is 3.70. The molecule has 0 spiro atoms. The molecule has 0 aromatic heterocycles. The molecule has 4 N–H and O–H groups in total. The van der Waals surface area contributed by atoms with Crippen LogP contribution in [-0.4, -0.2) is 63.8 Å². The van der Waals surface area contributed by atoms with Crippen molar-refractivity contribution >= 4 is 6.08 Å². The van der Waals surface area contributed by atoms with Gasteiger partial charge < -0.3 is 25.2 Å². The second-order valence-corrected chi connectivity index (χ2v) is 2.94. The van der Waals surface area contributed by atoms with Gasteiger partial charge in [-0.05, 0) is 0 Å². The van der Waals surface area contributed by atoms with Gasteiger partial charge in [0.2, 0.25) is 6.08 Å². The van der Waals surface area contributed by atoms with Crippen LogP contribution in [0.15, 0.2) is 4.99 Å². The van der Waals surface area contributed by atoms with Gasteiger partial charge in [-0.25, -0.2) is 4.79 Å². The van der Waals surface area contributed by atoms with Crippen LogP contribution in [0.1, 0.15) is 0 Å². The molecule has 0 bridgehead atoms. The number of hydrogen-bond acceptors (Lipinski definition) is 7. The second-order valence-electron chi connectivity index (χ2n) is 2.94. The van der Waals surface area contributed by atoms with E-state index >= 15 is 0 Å². The molecule has 0 aromatic carbocycles. The maximum absolute atomic E-state index is 9.92. The maximum atomic E-state index is 9.92. The molecule has 5 unspecified atom stereocenters. The van der Waals surface area contributed by atoms with Crippen LogP contribution in [0, 0.1) is 0 Å². The van der Waals surface area contributed by atoms with Crippen LogP contribution in [-0.2, 0) is 9.53 Å². The number of isocyanates is 1. The lowest BCUT2D eigenvalue weighted by Gasteiger charge is -2.37. The fourth-order valence-electron chi connectivity index (χ4n) is 1.28. The molecule has 7 nitrogen and oxygen atoms in total. The lowest BCUT2D eigenvalue weighted by Crippen LogP contribution is -2.57. The highest BCUT2D eigenvalue weighted by atomic mass is 16.6. The second kappa shape index (κ2) is 4.61. The largest absolute Gasteiger partial charge is 0.394 e. The molecule has 0 amide bonds. The Morgan fingerprint density at radius 2 is 1.93 bits per heavy atom. The van der Waals surface area contributed by atoms with Gasteiger partial charge in [0.1, 0.15) is 24.4 Å². The number of carbonyl (C=O) groups excluding carboxylic acids is 1. The number of aliphatic imine (C=N–C) groups is 1. The maximum Gasteiger partial charge on any atom is 0.235 e. The Morgan fingerprint density at radius 3 is 2.43 bits per heavy atom. The van der Waals surface area contributed by atoms with Crippen LogP contribution in [0.4, 0.5) is 0 Å². The first-order chi connectivity index (χ1) is 6.61. The lowest BCUT2D eigenvalue weighted by atomic mass is 9.98. The van der Waals surface area contributed by atoms with Crippen molar-refractivity contribution in [1.82, 2.24) is 0 Å². The average molecular weight is 205 g/mol. The predicted octanol–water partition coefficient (Wildman–Crippen LogP) is -2.88. The smallest absolute Gasteiger partial charge is 0.235 e. The van der Waals surface area contributed by atoms with Gasteiger partial charge in [0, 0.05) is 0 Å². The fourth-order valence-corrected chi connectivity index (χ4v) is 1.28. The molecule has 0 radical (unpaired) electrons. The summed E-state index contributed by atoms with van der Waals surface area (Å²) in [7, 11) is 0. The molecule has 0 aliphatic carbocycles. The third-order valence-corrected chi connectivity index (χ3v) is 2.07. The minimum Gasteiger partial charge on any atom is -0.394 e. The molecule has 0 saturated carbocycles. The summed E-state index contributed by atoms with van der Waals surface area (Å²) in [6.07, 6.45) is -4.33. The van der Waals surface area contributed by atoms with Crippen molar-refractivity contribution in [2.75, 3.05) is 6.61 Å². The third kappa shape index (κ3) is 1.98. The van der Waals surface area contributed by atoms with E-state index in [1.54, 1.807) is 0 Å². The summed E-state index contributed by atoms with van der Waals surface area (Å²) in [4.78, 5) is 13.0. The predicted molar refractivity (Wildman–Crippen MR) is 41.9 cm³/mol. The number of aliphatic hydroxyl groups is 4. The van der Waals surface area contributed by atoms with Crippen molar-refractivity contribution in [3.63, 3.8) is 0 Å². The minimum atomic E-state index is -1.54. The average Bonchev–Trinajstić information content (AvgIpc) is 2.18. The topological polar surface area (TPSA) is 120 Å². The lowest BCUT2D eigenvalue weighted by molar-refractivity contribution is -0.248. The number of aliphatic hydroxyl groups excluding tert-OH is 4. The summed E-state index contributed by atoms with van der Waals surface area (Å²) in [5.41, 5.74) is 0. The van der Waals surface area contributed by atoms with E-state index < -0.39 is 37.3 Å². The van der Waals surface area contributed by atoms with Crippen LogP contribution in [0.2, 0.25) is 0 Å². The summed E-state index contributed by atoms with van der Waals surface area (Å²) in [5, 5.41) is 36.6. The first-order valence-electron chi connectivity index (χ1n) is 3.99. The van der Waals surface area contributed by atoms with Crippen molar-refractivity contribution in [2.45, 2.75) is 30.6 Å². The minimum absolute atomic E-state index is 0.549. The van der Waals surface area contributed by atoms with E-state index in [9.17, 15) is 20.1 Å². The van der Waals surface area contributed by atoms with Crippen LogP contribution >= 0.6 is 0 Å². The van der Waals surface area contributed by atoms with Gasteiger partial charge in [-0.1, -0.05) is 0 Å². The zero-order valence-electron chi connectivity index (χ0n) is 7.15. The highest BCUT2D eigenvalue weighted by Gasteiger charge is 2.43. The zero-order chi connectivity index (χ0) is 10.7. The van der Waals surface area contributed by atoms with E-state index in [-0.39, 0.29) is 0 Å². The van der Waals surface area contributed by atoms with Crippen molar-refractivity contribution in [3.05, 3.63) is 0 Å². The number of ether oxygens (including phenoxy) is 1. The molecular weight excluding hydrogens is 194 g/mol. The van der Waals surface area contributed by atoms with Gasteiger partial charge in [0.15, 0.2) is 6.29 Å². The molecule has 1 fully saturated rings. The molecule has 1 aliphatic heterocycles. The molecule has 7 heteroatoms. The number of nitrogens with zero attached hydrogens (tertiary/aromatic N) is 1. The Balaban J connectivity index is 2.78. The standard InChI is InChI=1S/C7H11NO6/c9-1-3-5(11)6(12)4(8-2-10)7(13)14-3/h3-7,9,11-13H,1H2. The summed E-state index contributed by atoms with van der Waals surface area (Å²) in [6.45, 7) is -0.549. The Bertz CT molecular complexity index is 240. The summed E-state index contributed by atoms with van der Waals surface area (Å²) in [5.74, 6) is 0. The first kappa shape index (κ1) is 11.3. The first-order valence-corrected chi connectivity index (χ1v) is 3.99.